The number of ketones is 2. The van der Waals surface area contributed by atoms with Crippen molar-refractivity contribution in [3.8, 4) is 0 Å². The summed E-state index contributed by atoms with van der Waals surface area (Å²) in [4.78, 5) is 37.7. The van der Waals surface area contributed by atoms with Gasteiger partial charge in [0.05, 0.1) is 12.0 Å². The highest BCUT2D eigenvalue weighted by atomic mass is 35.5. The van der Waals surface area contributed by atoms with Crippen LogP contribution in [-0.4, -0.2) is 46.4 Å². The van der Waals surface area contributed by atoms with Crippen LogP contribution in [0.5, 0.6) is 0 Å². The minimum absolute atomic E-state index is 0.0684. The predicted octanol–water partition coefficient (Wildman–Crippen LogP) is 4.26. The summed E-state index contributed by atoms with van der Waals surface area (Å²) >= 11 is 5.99. The van der Waals surface area contributed by atoms with E-state index in [2.05, 4.69) is 0 Å². The Balaban J connectivity index is 1.85. The zero-order chi connectivity index (χ0) is 24.5. The Kier molecular flexibility index (Phi) is 5.93. The van der Waals surface area contributed by atoms with Crippen LogP contribution in [0.1, 0.15) is 53.4 Å². The van der Waals surface area contributed by atoms with Gasteiger partial charge in [-0.05, 0) is 37.2 Å². The maximum atomic E-state index is 15.5. The van der Waals surface area contributed by atoms with Gasteiger partial charge in [0.2, 0.25) is 5.78 Å². The molecule has 0 heterocycles. The van der Waals surface area contributed by atoms with Crippen molar-refractivity contribution in [3.05, 3.63) is 23.6 Å². The highest BCUT2D eigenvalue weighted by molar-refractivity contribution is 6.29. The van der Waals surface area contributed by atoms with E-state index in [1.807, 2.05) is 13.8 Å². The lowest BCUT2D eigenvalue weighted by Gasteiger charge is -2.60. The summed E-state index contributed by atoms with van der Waals surface area (Å²) in [5.74, 6) is -4.81. The summed E-state index contributed by atoms with van der Waals surface area (Å²) < 4.78 is 36.2. The first-order valence-electron chi connectivity index (χ1n) is 11.7. The number of hydrogen-bond donors (Lipinski definition) is 1. The van der Waals surface area contributed by atoms with E-state index in [-0.39, 0.29) is 42.6 Å². The molecule has 0 aromatic heterocycles. The molecule has 0 aliphatic heterocycles. The molecule has 1 N–H and O–H groups in total. The lowest BCUT2D eigenvalue weighted by Crippen LogP contribution is -2.64. The quantitative estimate of drug-likeness (QED) is 0.476. The van der Waals surface area contributed by atoms with Crippen LogP contribution in [0.15, 0.2) is 23.6 Å². The van der Waals surface area contributed by atoms with Crippen molar-refractivity contribution in [3.63, 3.8) is 0 Å². The number of carbonyl (C=O) groups excluding carboxylic acids is 3. The van der Waals surface area contributed by atoms with Crippen molar-refractivity contribution < 1.29 is 33.0 Å². The van der Waals surface area contributed by atoms with Gasteiger partial charge in [-0.25, -0.2) is 8.78 Å². The molecule has 0 amide bonds. The van der Waals surface area contributed by atoms with Gasteiger partial charge in [-0.15, -0.1) is 11.6 Å². The van der Waals surface area contributed by atoms with Crippen LogP contribution in [0.3, 0.4) is 0 Å². The molecule has 3 unspecified atom stereocenters. The molecule has 3 saturated carbocycles. The summed E-state index contributed by atoms with van der Waals surface area (Å²) in [6.07, 6.45) is 0.543. The molecule has 5 nitrogen and oxygen atoms in total. The largest absolute Gasteiger partial charge is 0.450 e. The normalized spacial score (nSPS) is 46.5. The van der Waals surface area contributed by atoms with E-state index < -0.39 is 63.9 Å². The fraction of sp³-hybridized carbons (Fsp3) is 0.720. The van der Waals surface area contributed by atoms with Crippen LogP contribution in [0.2, 0.25) is 0 Å². The lowest BCUT2D eigenvalue weighted by atomic mass is 9.45. The number of fused-ring (bicyclic) bond motifs is 5. The molecule has 0 bridgehead atoms. The number of aliphatic hydroxyl groups is 1. The Morgan fingerprint density at radius 3 is 2.58 bits per heavy atom. The van der Waals surface area contributed by atoms with Gasteiger partial charge in [0.15, 0.2) is 17.2 Å². The van der Waals surface area contributed by atoms with E-state index in [4.69, 9.17) is 16.3 Å². The number of esters is 1. The first kappa shape index (κ1) is 24.5. The van der Waals surface area contributed by atoms with Crippen LogP contribution < -0.4 is 0 Å². The van der Waals surface area contributed by atoms with E-state index in [0.717, 1.165) is 6.08 Å². The third kappa shape index (κ3) is 3.07. The third-order valence-corrected chi connectivity index (χ3v) is 9.43. The van der Waals surface area contributed by atoms with Crippen LogP contribution >= 0.6 is 11.6 Å². The van der Waals surface area contributed by atoms with Gasteiger partial charge in [0.1, 0.15) is 6.17 Å². The van der Waals surface area contributed by atoms with Crippen molar-refractivity contribution in [1.29, 1.82) is 0 Å². The standard InChI is InChI=1S/C25H31ClF2O5/c1-5-19(32)33-25(18(31)11-26)12(2)8-14-13-9-15(27)21-22(28)16(29)6-7-23(21,3)20(13)17(30)10-24(14,25)4/h6-7,12-15,17,20,30H,5,8-11H2,1-4H3/t12?,13-,14-,15?,17?,20+,23+,24-,25-/m0/s1. The topological polar surface area (TPSA) is 80.7 Å². The number of hydrogen-bond acceptors (Lipinski definition) is 5. The van der Waals surface area contributed by atoms with Crippen molar-refractivity contribution in [2.75, 3.05) is 5.88 Å². The van der Waals surface area contributed by atoms with Crippen molar-refractivity contribution in [1.82, 2.24) is 0 Å². The first-order valence-corrected chi connectivity index (χ1v) is 12.2. The van der Waals surface area contributed by atoms with Crippen LogP contribution in [0.25, 0.3) is 0 Å². The summed E-state index contributed by atoms with van der Waals surface area (Å²) in [6.45, 7) is 6.98. The predicted molar refractivity (Wildman–Crippen MR) is 118 cm³/mol. The van der Waals surface area contributed by atoms with Gasteiger partial charge in [-0.2, -0.15) is 0 Å². The summed E-state index contributed by atoms with van der Waals surface area (Å²) in [7, 11) is 0. The monoisotopic (exact) mass is 484 g/mol. The fourth-order valence-corrected chi connectivity index (χ4v) is 8.17. The van der Waals surface area contributed by atoms with Gasteiger partial charge in [-0.1, -0.05) is 33.8 Å². The molecule has 33 heavy (non-hydrogen) atoms. The average Bonchev–Trinajstić information content (AvgIpc) is 2.97. The Morgan fingerprint density at radius 2 is 1.97 bits per heavy atom. The van der Waals surface area contributed by atoms with Crippen molar-refractivity contribution in [2.24, 2.45) is 34.5 Å². The molecule has 8 heteroatoms. The van der Waals surface area contributed by atoms with Gasteiger partial charge in [0, 0.05) is 34.7 Å². The Bertz CT molecular complexity index is 962. The van der Waals surface area contributed by atoms with E-state index >= 15 is 4.39 Å². The molecule has 182 valence electrons. The average molecular weight is 485 g/mol. The zero-order valence-electron chi connectivity index (χ0n) is 19.4. The second-order valence-electron chi connectivity index (χ2n) is 10.7. The van der Waals surface area contributed by atoms with Gasteiger partial charge in [-0.3, -0.25) is 14.4 Å². The Labute approximate surface area is 197 Å². The molecular formula is C25H31ClF2O5. The highest BCUT2D eigenvalue weighted by Crippen LogP contribution is 2.69. The number of carbonyl (C=O) groups is 3. The summed E-state index contributed by atoms with van der Waals surface area (Å²) in [5, 5.41) is 11.5. The van der Waals surface area contributed by atoms with E-state index in [1.165, 1.54) is 6.08 Å². The Morgan fingerprint density at radius 1 is 1.30 bits per heavy atom. The molecule has 0 radical (unpaired) electrons. The Hall–Kier alpha value is -1.60. The SMILES string of the molecule is CCC(=O)O[C@]1(C(=O)CCl)C(C)C[C@H]2[C@@H]3CC(F)C4=C(F)C(=O)C=C[C@]4(C)[C@H]3C(O)C[C@@]21C. The lowest BCUT2D eigenvalue weighted by molar-refractivity contribution is -0.204. The van der Waals surface area contributed by atoms with Crippen molar-refractivity contribution >= 4 is 29.1 Å². The molecule has 0 saturated heterocycles. The molecule has 9 atom stereocenters. The van der Waals surface area contributed by atoms with Gasteiger partial charge >= 0.3 is 5.97 Å². The van der Waals surface area contributed by atoms with Crippen LogP contribution in [0.4, 0.5) is 8.78 Å². The van der Waals surface area contributed by atoms with Crippen molar-refractivity contribution in [2.45, 2.75) is 71.3 Å². The molecule has 0 spiro atoms. The van der Waals surface area contributed by atoms with E-state index in [9.17, 15) is 23.9 Å². The van der Waals surface area contributed by atoms with Gasteiger partial charge in [0.25, 0.3) is 0 Å². The maximum absolute atomic E-state index is 15.5. The maximum Gasteiger partial charge on any atom is 0.306 e. The third-order valence-electron chi connectivity index (χ3n) is 9.19. The number of halogens is 3. The second kappa shape index (κ2) is 7.98. The number of ether oxygens (including phenoxy) is 1. The number of rotatable bonds is 4. The number of aliphatic hydroxyl groups excluding tert-OH is 1. The number of Topliss-reactive ketones (excluding diaryl/α,β-unsaturated/α-hetero) is 1. The smallest absolute Gasteiger partial charge is 0.306 e. The molecule has 0 aromatic carbocycles. The van der Waals surface area contributed by atoms with Crippen LogP contribution in [-0.2, 0) is 19.1 Å². The molecule has 0 aromatic rings. The minimum atomic E-state index is -1.69. The molecule has 4 aliphatic carbocycles. The molecular weight excluding hydrogens is 454 g/mol. The highest BCUT2D eigenvalue weighted by Gasteiger charge is 2.73. The molecule has 3 fully saturated rings. The zero-order valence-corrected chi connectivity index (χ0v) is 20.1. The number of allylic oxidation sites excluding steroid dienone is 4. The van der Waals surface area contributed by atoms with Gasteiger partial charge < -0.3 is 9.84 Å². The fourth-order valence-electron chi connectivity index (χ4n) is 7.97. The van der Waals surface area contributed by atoms with E-state index in [1.54, 1.807) is 13.8 Å². The second-order valence-corrected chi connectivity index (χ2v) is 10.9. The molecule has 4 aliphatic rings. The van der Waals surface area contributed by atoms with Crippen LogP contribution in [0, 0.1) is 34.5 Å². The minimum Gasteiger partial charge on any atom is -0.450 e. The van der Waals surface area contributed by atoms with E-state index in [0.29, 0.717) is 6.42 Å². The first-order chi connectivity index (χ1) is 15.4. The summed E-state index contributed by atoms with van der Waals surface area (Å²) in [5.41, 5.74) is -3.84. The number of alkyl halides is 2. The summed E-state index contributed by atoms with van der Waals surface area (Å²) in [6, 6.07) is 0. The molecule has 4 rings (SSSR count).